The highest BCUT2D eigenvalue weighted by Crippen LogP contribution is 2.26. The van der Waals surface area contributed by atoms with Crippen LogP contribution in [0.15, 0.2) is 51.8 Å². The largest absolute Gasteiger partial charge is 0.496 e. The number of methoxy groups -OCH3 is 1. The number of ether oxygens (including phenoxy) is 1. The van der Waals surface area contributed by atoms with Crippen LogP contribution in [-0.4, -0.2) is 56.8 Å². The number of aryl methyl sites for hydroxylation is 2. The predicted molar refractivity (Wildman–Crippen MR) is 116 cm³/mol. The topological polar surface area (TPSA) is 66.9 Å². The fourth-order valence-corrected chi connectivity index (χ4v) is 5.32. The minimum absolute atomic E-state index is 0.0457. The molecule has 1 aliphatic heterocycles. The second-order valence-corrected chi connectivity index (χ2v) is 9.86. The first-order chi connectivity index (χ1) is 13.8. The molecule has 0 atom stereocenters. The Kier molecular flexibility index (Phi) is 6.97. The summed E-state index contributed by atoms with van der Waals surface area (Å²) in [7, 11) is -1.90. The van der Waals surface area contributed by atoms with Crippen molar-refractivity contribution in [2.45, 2.75) is 24.7 Å². The van der Waals surface area contributed by atoms with Gasteiger partial charge in [0.25, 0.3) is 0 Å². The van der Waals surface area contributed by atoms with E-state index in [4.69, 9.17) is 4.74 Å². The van der Waals surface area contributed by atoms with Crippen molar-refractivity contribution in [3.05, 3.63) is 58.1 Å². The van der Waals surface area contributed by atoms with Crippen LogP contribution in [0.4, 0.5) is 0 Å². The third kappa shape index (κ3) is 5.18. The number of rotatable bonds is 6. The van der Waals surface area contributed by atoms with Crippen LogP contribution in [0.2, 0.25) is 0 Å². The first-order valence-corrected chi connectivity index (χ1v) is 11.7. The van der Waals surface area contributed by atoms with E-state index in [1.54, 1.807) is 36.3 Å². The fourth-order valence-electron chi connectivity index (χ4n) is 3.31. The van der Waals surface area contributed by atoms with Crippen LogP contribution in [0.25, 0.3) is 0 Å². The van der Waals surface area contributed by atoms with Crippen molar-refractivity contribution in [3.8, 4) is 5.75 Å². The third-order valence-electron chi connectivity index (χ3n) is 5.09. The number of carbonyl (C=O) groups is 1. The Bertz CT molecular complexity index is 969. The number of piperazine rings is 1. The molecular weight excluding hydrogens is 456 g/mol. The Morgan fingerprint density at radius 1 is 1.07 bits per heavy atom. The molecule has 0 N–H and O–H groups in total. The molecule has 1 fully saturated rings. The molecule has 8 heteroatoms. The molecule has 0 bridgehead atoms. The zero-order chi connectivity index (χ0) is 21.0. The van der Waals surface area contributed by atoms with Gasteiger partial charge in [-0.15, -0.1) is 0 Å². The van der Waals surface area contributed by atoms with Gasteiger partial charge in [-0.25, -0.2) is 8.42 Å². The first-order valence-electron chi connectivity index (χ1n) is 9.48. The van der Waals surface area contributed by atoms with Crippen LogP contribution < -0.4 is 4.74 Å². The molecule has 1 heterocycles. The summed E-state index contributed by atoms with van der Waals surface area (Å²) in [5.74, 6) is 0.801. The highest BCUT2D eigenvalue weighted by molar-refractivity contribution is 9.10. The van der Waals surface area contributed by atoms with E-state index in [-0.39, 0.29) is 5.91 Å². The molecule has 0 aromatic heterocycles. The van der Waals surface area contributed by atoms with E-state index in [1.807, 2.05) is 25.1 Å². The number of halogens is 1. The summed E-state index contributed by atoms with van der Waals surface area (Å²) in [5, 5.41) is 0. The summed E-state index contributed by atoms with van der Waals surface area (Å²) >= 11 is 3.46. The molecule has 6 nitrogen and oxygen atoms in total. The molecule has 3 rings (SSSR count). The van der Waals surface area contributed by atoms with E-state index in [2.05, 4.69) is 15.9 Å². The minimum atomic E-state index is -3.52. The smallest absolute Gasteiger partial charge is 0.243 e. The normalized spacial score (nSPS) is 15.3. The van der Waals surface area contributed by atoms with Gasteiger partial charge in [0.15, 0.2) is 0 Å². The van der Waals surface area contributed by atoms with Gasteiger partial charge in [-0.1, -0.05) is 23.8 Å². The maximum Gasteiger partial charge on any atom is 0.243 e. The number of benzene rings is 2. The molecular formula is C21H25BrN2O4S. The molecule has 1 amide bonds. The molecule has 0 unspecified atom stereocenters. The van der Waals surface area contributed by atoms with Crippen LogP contribution in [0, 0.1) is 6.92 Å². The summed E-state index contributed by atoms with van der Waals surface area (Å²) in [6, 6.07) is 12.6. The van der Waals surface area contributed by atoms with Gasteiger partial charge in [0.05, 0.1) is 16.5 Å². The summed E-state index contributed by atoms with van der Waals surface area (Å²) in [6.45, 7) is 3.38. The Labute approximate surface area is 180 Å². The average Bonchev–Trinajstić information content (AvgIpc) is 2.72. The van der Waals surface area contributed by atoms with Crippen molar-refractivity contribution in [2.75, 3.05) is 33.3 Å². The number of hydrogen-bond acceptors (Lipinski definition) is 4. The molecule has 0 aliphatic carbocycles. The number of nitrogens with zero attached hydrogens (tertiary/aromatic N) is 2. The van der Waals surface area contributed by atoms with Gasteiger partial charge in [-0.05, 0) is 59.1 Å². The van der Waals surface area contributed by atoms with Crippen molar-refractivity contribution >= 4 is 31.9 Å². The van der Waals surface area contributed by atoms with Crippen LogP contribution in [0.5, 0.6) is 5.75 Å². The van der Waals surface area contributed by atoms with E-state index in [9.17, 15) is 13.2 Å². The lowest BCUT2D eigenvalue weighted by Crippen LogP contribution is -2.50. The molecule has 2 aromatic carbocycles. The lowest BCUT2D eigenvalue weighted by Gasteiger charge is -2.34. The quantitative estimate of drug-likeness (QED) is 0.636. The predicted octanol–water partition coefficient (Wildman–Crippen LogP) is 3.23. The van der Waals surface area contributed by atoms with Gasteiger partial charge in [0, 0.05) is 32.6 Å². The lowest BCUT2D eigenvalue weighted by molar-refractivity contribution is -0.132. The molecule has 0 spiro atoms. The second-order valence-electron chi connectivity index (χ2n) is 7.07. The van der Waals surface area contributed by atoms with Crippen LogP contribution in [-0.2, 0) is 21.2 Å². The summed E-state index contributed by atoms with van der Waals surface area (Å²) in [6.07, 6.45) is 1.02. The number of sulfonamides is 1. The second kappa shape index (κ2) is 9.28. The van der Waals surface area contributed by atoms with Gasteiger partial charge in [-0.3, -0.25) is 4.79 Å². The first kappa shape index (κ1) is 21.8. The number of carbonyl (C=O) groups excluding carboxylic acids is 1. The van der Waals surface area contributed by atoms with Crippen molar-refractivity contribution in [3.63, 3.8) is 0 Å². The number of hydrogen-bond donors (Lipinski definition) is 0. The Balaban J connectivity index is 1.54. The molecule has 1 aliphatic rings. The summed E-state index contributed by atoms with van der Waals surface area (Å²) in [4.78, 5) is 14.6. The molecule has 0 saturated carbocycles. The highest BCUT2D eigenvalue weighted by Gasteiger charge is 2.29. The van der Waals surface area contributed by atoms with E-state index in [1.165, 1.54) is 4.31 Å². The fraction of sp³-hybridized carbons (Fsp3) is 0.381. The summed E-state index contributed by atoms with van der Waals surface area (Å²) in [5.41, 5.74) is 2.06. The van der Waals surface area contributed by atoms with Gasteiger partial charge < -0.3 is 9.64 Å². The Morgan fingerprint density at radius 2 is 1.72 bits per heavy atom. The van der Waals surface area contributed by atoms with Crippen LogP contribution in [0.3, 0.4) is 0 Å². The van der Waals surface area contributed by atoms with Gasteiger partial charge in [-0.2, -0.15) is 4.31 Å². The highest BCUT2D eigenvalue weighted by atomic mass is 79.9. The maximum atomic E-state index is 12.8. The maximum absolute atomic E-state index is 12.8. The molecule has 2 aromatic rings. The van der Waals surface area contributed by atoms with E-state index >= 15 is 0 Å². The average molecular weight is 481 g/mol. The van der Waals surface area contributed by atoms with Crippen molar-refractivity contribution in [1.29, 1.82) is 0 Å². The van der Waals surface area contributed by atoms with E-state index in [0.29, 0.717) is 43.9 Å². The van der Waals surface area contributed by atoms with Gasteiger partial charge >= 0.3 is 0 Å². The minimum Gasteiger partial charge on any atom is -0.496 e. The zero-order valence-electron chi connectivity index (χ0n) is 16.6. The Hall–Kier alpha value is -1.90. The SMILES string of the molecule is COc1ccc(CCC(=O)N2CCN(S(=O)(=O)c3ccc(C)cc3)CC2)cc1Br. The standard InChI is InChI=1S/C21H25BrN2O4S/c1-16-3-7-18(8-4-16)29(26,27)24-13-11-23(12-14-24)21(25)10-6-17-5-9-20(28-2)19(22)15-17/h3-5,7-9,15H,6,10-14H2,1-2H3. The van der Waals surface area contributed by atoms with Crippen molar-refractivity contribution in [1.82, 2.24) is 9.21 Å². The van der Waals surface area contributed by atoms with Crippen molar-refractivity contribution < 1.29 is 17.9 Å². The van der Waals surface area contributed by atoms with Gasteiger partial charge in [0.2, 0.25) is 15.9 Å². The van der Waals surface area contributed by atoms with Gasteiger partial charge in [0.1, 0.15) is 5.75 Å². The van der Waals surface area contributed by atoms with E-state index in [0.717, 1.165) is 21.3 Å². The van der Waals surface area contributed by atoms with Crippen molar-refractivity contribution in [2.24, 2.45) is 0 Å². The van der Waals surface area contributed by atoms with E-state index < -0.39 is 10.0 Å². The lowest BCUT2D eigenvalue weighted by atomic mass is 10.1. The monoisotopic (exact) mass is 480 g/mol. The molecule has 1 saturated heterocycles. The number of amides is 1. The van der Waals surface area contributed by atoms with Crippen LogP contribution >= 0.6 is 15.9 Å². The Morgan fingerprint density at radius 3 is 2.31 bits per heavy atom. The molecule has 29 heavy (non-hydrogen) atoms. The molecule has 0 radical (unpaired) electrons. The zero-order valence-corrected chi connectivity index (χ0v) is 19.0. The third-order valence-corrected chi connectivity index (χ3v) is 7.63. The van der Waals surface area contributed by atoms with Crippen LogP contribution in [0.1, 0.15) is 17.5 Å². The summed E-state index contributed by atoms with van der Waals surface area (Å²) < 4.78 is 33.1. The molecule has 156 valence electrons.